The van der Waals surface area contributed by atoms with E-state index in [9.17, 15) is 4.79 Å². The van der Waals surface area contributed by atoms with Crippen LogP contribution in [0.15, 0.2) is 27.8 Å². The Labute approximate surface area is 175 Å². The zero-order valence-electron chi connectivity index (χ0n) is 18.1. The SMILES string of the molecule is CCNC(=NCC(c1ccco1)N1CCCC1)NCCCCCCC(=O)OCC. The second kappa shape index (κ2) is 14.0. The zero-order chi connectivity index (χ0) is 20.7. The van der Waals surface area contributed by atoms with Gasteiger partial charge in [-0.2, -0.15) is 0 Å². The van der Waals surface area contributed by atoms with Gasteiger partial charge in [0.1, 0.15) is 5.76 Å². The minimum atomic E-state index is -0.0868. The van der Waals surface area contributed by atoms with Gasteiger partial charge >= 0.3 is 5.97 Å². The molecule has 1 aromatic heterocycles. The molecule has 0 aliphatic carbocycles. The first-order valence-corrected chi connectivity index (χ1v) is 11.2. The number of esters is 1. The minimum Gasteiger partial charge on any atom is -0.468 e. The number of carbonyl (C=O) groups excluding carboxylic acids is 1. The lowest BCUT2D eigenvalue weighted by Crippen LogP contribution is -2.38. The summed E-state index contributed by atoms with van der Waals surface area (Å²) < 4.78 is 10.6. The third kappa shape index (κ3) is 8.90. The van der Waals surface area contributed by atoms with Crippen molar-refractivity contribution in [1.29, 1.82) is 0 Å². The predicted molar refractivity (Wildman–Crippen MR) is 116 cm³/mol. The number of furan rings is 1. The maximum atomic E-state index is 11.3. The van der Waals surface area contributed by atoms with Crippen molar-refractivity contribution in [3.8, 4) is 0 Å². The maximum absolute atomic E-state index is 11.3. The molecule has 1 fully saturated rings. The highest BCUT2D eigenvalue weighted by atomic mass is 16.5. The van der Waals surface area contributed by atoms with Gasteiger partial charge in [0.25, 0.3) is 0 Å². The van der Waals surface area contributed by atoms with Gasteiger partial charge < -0.3 is 19.8 Å². The van der Waals surface area contributed by atoms with Crippen molar-refractivity contribution < 1.29 is 13.9 Å². The highest BCUT2D eigenvalue weighted by Crippen LogP contribution is 2.25. The fourth-order valence-corrected chi connectivity index (χ4v) is 3.63. The second-order valence-electron chi connectivity index (χ2n) is 7.39. The Kier molecular flexibility index (Phi) is 11.3. The van der Waals surface area contributed by atoms with Crippen molar-refractivity contribution >= 4 is 11.9 Å². The largest absolute Gasteiger partial charge is 0.468 e. The Hall–Kier alpha value is -2.02. The van der Waals surface area contributed by atoms with E-state index in [0.717, 1.165) is 63.6 Å². The van der Waals surface area contributed by atoms with E-state index in [4.69, 9.17) is 14.1 Å². The van der Waals surface area contributed by atoms with Gasteiger partial charge in [0.05, 0.1) is 25.5 Å². The molecule has 1 saturated heterocycles. The molecule has 29 heavy (non-hydrogen) atoms. The smallest absolute Gasteiger partial charge is 0.305 e. The van der Waals surface area contributed by atoms with Gasteiger partial charge in [-0.1, -0.05) is 12.8 Å². The average Bonchev–Trinajstić information content (AvgIpc) is 3.42. The molecule has 0 radical (unpaired) electrons. The molecule has 0 saturated carbocycles. The summed E-state index contributed by atoms with van der Waals surface area (Å²) in [6.45, 7) is 9.00. The highest BCUT2D eigenvalue weighted by molar-refractivity contribution is 5.79. The summed E-state index contributed by atoms with van der Waals surface area (Å²) in [6.07, 6.45) is 8.85. The van der Waals surface area contributed by atoms with E-state index in [1.54, 1.807) is 6.26 Å². The number of carbonyl (C=O) groups is 1. The summed E-state index contributed by atoms with van der Waals surface area (Å²) in [4.78, 5) is 18.6. The molecule has 0 spiro atoms. The van der Waals surface area contributed by atoms with Crippen molar-refractivity contribution in [2.45, 2.75) is 64.8 Å². The Morgan fingerprint density at radius 1 is 1.21 bits per heavy atom. The normalized spacial score (nSPS) is 16.0. The number of unbranched alkanes of at least 4 members (excludes halogenated alkanes) is 3. The molecule has 2 N–H and O–H groups in total. The molecular weight excluding hydrogens is 368 g/mol. The van der Waals surface area contributed by atoms with Crippen LogP contribution in [-0.2, 0) is 9.53 Å². The summed E-state index contributed by atoms with van der Waals surface area (Å²) in [6, 6.07) is 4.20. The van der Waals surface area contributed by atoms with E-state index in [2.05, 4.69) is 28.5 Å². The number of hydrogen-bond acceptors (Lipinski definition) is 5. The van der Waals surface area contributed by atoms with Crippen LogP contribution in [0.5, 0.6) is 0 Å². The molecular formula is C22H38N4O3. The molecule has 164 valence electrons. The highest BCUT2D eigenvalue weighted by Gasteiger charge is 2.25. The average molecular weight is 407 g/mol. The molecule has 1 aliphatic heterocycles. The van der Waals surface area contributed by atoms with Gasteiger partial charge in [0, 0.05) is 19.5 Å². The lowest BCUT2D eigenvalue weighted by molar-refractivity contribution is -0.143. The Morgan fingerprint density at radius 3 is 2.69 bits per heavy atom. The van der Waals surface area contributed by atoms with Crippen LogP contribution in [0.2, 0.25) is 0 Å². The number of hydrogen-bond donors (Lipinski definition) is 2. The first kappa shape index (κ1) is 23.3. The molecule has 0 amide bonds. The lowest BCUT2D eigenvalue weighted by Gasteiger charge is -2.24. The van der Waals surface area contributed by atoms with Crippen molar-refractivity contribution in [2.24, 2.45) is 4.99 Å². The molecule has 0 aromatic carbocycles. The number of nitrogens with zero attached hydrogens (tertiary/aromatic N) is 2. The van der Waals surface area contributed by atoms with E-state index in [-0.39, 0.29) is 12.0 Å². The molecule has 1 aromatic rings. The van der Waals surface area contributed by atoms with Crippen LogP contribution < -0.4 is 10.6 Å². The number of likely N-dealkylation sites (tertiary alicyclic amines) is 1. The van der Waals surface area contributed by atoms with E-state index in [1.165, 1.54) is 12.8 Å². The summed E-state index contributed by atoms with van der Waals surface area (Å²) >= 11 is 0. The van der Waals surface area contributed by atoms with Gasteiger partial charge in [-0.15, -0.1) is 0 Å². The molecule has 2 heterocycles. The molecule has 2 rings (SSSR count). The minimum absolute atomic E-state index is 0.0868. The second-order valence-corrected chi connectivity index (χ2v) is 7.39. The predicted octanol–water partition coefficient (Wildman–Crippen LogP) is 3.49. The Balaban J connectivity index is 1.73. The van der Waals surface area contributed by atoms with Crippen molar-refractivity contribution in [2.75, 3.05) is 39.3 Å². The summed E-state index contributed by atoms with van der Waals surface area (Å²) in [5, 5.41) is 6.76. The number of guanidine groups is 1. The van der Waals surface area contributed by atoms with E-state index >= 15 is 0 Å². The molecule has 0 bridgehead atoms. The fourth-order valence-electron chi connectivity index (χ4n) is 3.63. The Morgan fingerprint density at radius 2 is 2.00 bits per heavy atom. The van der Waals surface area contributed by atoms with Crippen LogP contribution in [0, 0.1) is 0 Å². The standard InChI is InChI=1S/C22H38N4O3/c1-3-23-22(24-14-8-6-5-7-13-21(27)28-4-2)25-18-19(20-12-11-17-29-20)26-15-9-10-16-26/h11-12,17,19H,3-10,13-16,18H2,1-2H3,(H2,23,24,25). The van der Waals surface area contributed by atoms with E-state index in [1.807, 2.05) is 13.0 Å². The molecule has 1 unspecified atom stereocenters. The number of rotatable bonds is 13. The van der Waals surface area contributed by atoms with Crippen molar-refractivity contribution in [1.82, 2.24) is 15.5 Å². The van der Waals surface area contributed by atoms with Crippen LogP contribution in [-0.4, -0.2) is 56.2 Å². The number of ether oxygens (including phenoxy) is 1. The van der Waals surface area contributed by atoms with Crippen LogP contribution in [0.3, 0.4) is 0 Å². The number of aliphatic imine (C=N–C) groups is 1. The first-order valence-electron chi connectivity index (χ1n) is 11.2. The van der Waals surface area contributed by atoms with Crippen molar-refractivity contribution in [3.05, 3.63) is 24.2 Å². The molecule has 7 nitrogen and oxygen atoms in total. The van der Waals surface area contributed by atoms with Crippen molar-refractivity contribution in [3.63, 3.8) is 0 Å². The quantitative estimate of drug-likeness (QED) is 0.226. The Bertz CT molecular complexity index is 583. The van der Waals surface area contributed by atoms with Crippen LogP contribution >= 0.6 is 0 Å². The van der Waals surface area contributed by atoms with Gasteiger partial charge in [-0.25, -0.2) is 0 Å². The zero-order valence-corrected chi connectivity index (χ0v) is 18.1. The molecule has 7 heteroatoms. The van der Waals surface area contributed by atoms with Gasteiger partial charge in [-0.3, -0.25) is 14.7 Å². The first-order chi connectivity index (χ1) is 14.2. The third-order valence-electron chi connectivity index (χ3n) is 5.13. The summed E-state index contributed by atoms with van der Waals surface area (Å²) in [5.41, 5.74) is 0. The van der Waals surface area contributed by atoms with Gasteiger partial charge in [0.2, 0.25) is 0 Å². The van der Waals surface area contributed by atoms with Crippen LogP contribution in [0.1, 0.15) is 70.6 Å². The lowest BCUT2D eigenvalue weighted by atomic mass is 10.1. The topological polar surface area (TPSA) is 79.1 Å². The van der Waals surface area contributed by atoms with Gasteiger partial charge in [0.15, 0.2) is 5.96 Å². The monoisotopic (exact) mass is 406 g/mol. The fraction of sp³-hybridized carbons (Fsp3) is 0.727. The molecule has 1 aliphatic rings. The summed E-state index contributed by atoms with van der Waals surface area (Å²) in [5.74, 6) is 1.76. The van der Waals surface area contributed by atoms with E-state index < -0.39 is 0 Å². The van der Waals surface area contributed by atoms with Crippen LogP contribution in [0.25, 0.3) is 0 Å². The summed E-state index contributed by atoms with van der Waals surface area (Å²) in [7, 11) is 0. The van der Waals surface area contributed by atoms with Crippen LogP contribution in [0.4, 0.5) is 0 Å². The molecule has 1 atom stereocenters. The maximum Gasteiger partial charge on any atom is 0.305 e. The van der Waals surface area contributed by atoms with E-state index in [0.29, 0.717) is 19.6 Å². The third-order valence-corrected chi connectivity index (χ3v) is 5.13. The van der Waals surface area contributed by atoms with Gasteiger partial charge in [-0.05, 0) is 64.8 Å². The number of nitrogens with one attached hydrogen (secondary N) is 2.